The highest BCUT2D eigenvalue weighted by Gasteiger charge is 2.31. The highest BCUT2D eigenvalue weighted by atomic mass is 32.1. The van der Waals surface area contributed by atoms with Crippen molar-refractivity contribution in [3.8, 4) is 0 Å². The molecule has 3 rings (SSSR count). The topological polar surface area (TPSA) is 48.5 Å². The van der Waals surface area contributed by atoms with Gasteiger partial charge in [0.05, 0.1) is 10.7 Å². The maximum absolute atomic E-state index is 12.7. The second kappa shape index (κ2) is 7.06. The van der Waals surface area contributed by atoms with Crippen molar-refractivity contribution >= 4 is 17.2 Å². The normalized spacial score (nSPS) is 24.6. The number of nitrogens with zero attached hydrogens (tertiary/aromatic N) is 3. The first-order valence-electron chi connectivity index (χ1n) is 8.28. The minimum Gasteiger partial charge on any atom is -0.337 e. The summed E-state index contributed by atoms with van der Waals surface area (Å²) >= 11 is 1.71. The molecule has 3 heterocycles. The lowest BCUT2D eigenvalue weighted by atomic mass is 9.94. The monoisotopic (exact) mass is 322 g/mol. The van der Waals surface area contributed by atoms with Gasteiger partial charge in [-0.3, -0.25) is 9.69 Å². The average molecular weight is 322 g/mol. The number of piperidine rings is 1. The standard InChI is InChI=1S/C16H26N4OS/c1-12-9-17-5-8-20(12)16(21)14-3-6-19(7-4-14)10-15-11-22-13(2)18-15/h11-12,14,17H,3-10H2,1-2H3. The van der Waals surface area contributed by atoms with Crippen molar-refractivity contribution in [3.63, 3.8) is 0 Å². The fourth-order valence-electron chi connectivity index (χ4n) is 3.45. The molecule has 0 saturated carbocycles. The Hall–Kier alpha value is -0.980. The molecule has 22 heavy (non-hydrogen) atoms. The minimum absolute atomic E-state index is 0.217. The van der Waals surface area contributed by atoms with Gasteiger partial charge in [-0.05, 0) is 39.8 Å². The lowest BCUT2D eigenvalue weighted by molar-refractivity contribution is -0.140. The summed E-state index contributed by atoms with van der Waals surface area (Å²) in [6.45, 7) is 9.85. The van der Waals surface area contributed by atoms with Crippen LogP contribution in [0.25, 0.3) is 0 Å². The molecule has 1 aromatic rings. The SMILES string of the molecule is Cc1nc(CN2CCC(C(=O)N3CCNCC3C)CC2)cs1. The number of rotatable bonds is 3. The molecule has 2 fully saturated rings. The lowest BCUT2D eigenvalue weighted by Gasteiger charge is -2.38. The molecule has 1 atom stereocenters. The van der Waals surface area contributed by atoms with Gasteiger partial charge in [-0.15, -0.1) is 11.3 Å². The molecule has 1 unspecified atom stereocenters. The van der Waals surface area contributed by atoms with E-state index in [-0.39, 0.29) is 5.92 Å². The van der Waals surface area contributed by atoms with Gasteiger partial charge >= 0.3 is 0 Å². The molecule has 0 spiro atoms. The van der Waals surface area contributed by atoms with Crippen LogP contribution in [0.2, 0.25) is 0 Å². The van der Waals surface area contributed by atoms with Crippen LogP contribution in [0.1, 0.15) is 30.5 Å². The zero-order chi connectivity index (χ0) is 15.5. The van der Waals surface area contributed by atoms with Crippen LogP contribution in [-0.4, -0.2) is 59.5 Å². The van der Waals surface area contributed by atoms with Crippen LogP contribution in [0.15, 0.2) is 5.38 Å². The number of likely N-dealkylation sites (tertiary alicyclic amines) is 1. The summed E-state index contributed by atoms with van der Waals surface area (Å²) in [5.41, 5.74) is 1.17. The third-order valence-corrected chi connectivity index (χ3v) is 5.60. The van der Waals surface area contributed by atoms with E-state index in [1.807, 2.05) is 6.92 Å². The first-order valence-corrected chi connectivity index (χ1v) is 9.16. The van der Waals surface area contributed by atoms with Crippen molar-refractivity contribution in [2.45, 2.75) is 39.3 Å². The van der Waals surface area contributed by atoms with Crippen LogP contribution >= 0.6 is 11.3 Å². The van der Waals surface area contributed by atoms with Gasteiger partial charge in [0.25, 0.3) is 0 Å². The van der Waals surface area contributed by atoms with Crippen LogP contribution in [0.4, 0.5) is 0 Å². The van der Waals surface area contributed by atoms with Crippen molar-refractivity contribution in [1.29, 1.82) is 0 Å². The molecule has 1 aromatic heterocycles. The summed E-state index contributed by atoms with van der Waals surface area (Å²) < 4.78 is 0. The molecule has 2 aliphatic heterocycles. The van der Waals surface area contributed by atoms with Crippen LogP contribution in [0.3, 0.4) is 0 Å². The third kappa shape index (κ3) is 3.67. The largest absolute Gasteiger partial charge is 0.337 e. The van der Waals surface area contributed by atoms with Crippen LogP contribution in [-0.2, 0) is 11.3 Å². The quantitative estimate of drug-likeness (QED) is 0.916. The van der Waals surface area contributed by atoms with E-state index in [9.17, 15) is 4.79 Å². The van der Waals surface area contributed by atoms with E-state index in [1.54, 1.807) is 11.3 Å². The first kappa shape index (κ1) is 15.9. The molecule has 0 bridgehead atoms. The highest BCUT2D eigenvalue weighted by Crippen LogP contribution is 2.23. The first-order chi connectivity index (χ1) is 10.6. The Bertz CT molecular complexity index is 510. The number of aryl methyl sites for hydroxylation is 1. The van der Waals surface area contributed by atoms with E-state index < -0.39 is 0 Å². The van der Waals surface area contributed by atoms with Crippen LogP contribution < -0.4 is 5.32 Å². The van der Waals surface area contributed by atoms with Gasteiger partial charge in [-0.1, -0.05) is 0 Å². The Balaban J connectivity index is 1.49. The number of aromatic nitrogens is 1. The molecule has 6 heteroatoms. The lowest BCUT2D eigenvalue weighted by Crippen LogP contribution is -2.54. The van der Waals surface area contributed by atoms with Gasteiger partial charge < -0.3 is 10.2 Å². The number of hydrogen-bond acceptors (Lipinski definition) is 5. The van der Waals surface area contributed by atoms with Gasteiger partial charge in [0, 0.05) is 43.5 Å². The van der Waals surface area contributed by atoms with Crippen LogP contribution in [0.5, 0.6) is 0 Å². The molecule has 5 nitrogen and oxygen atoms in total. The number of carbonyl (C=O) groups is 1. The Kier molecular flexibility index (Phi) is 5.10. The molecule has 0 radical (unpaired) electrons. The van der Waals surface area contributed by atoms with Gasteiger partial charge in [0.2, 0.25) is 5.91 Å². The van der Waals surface area contributed by atoms with Gasteiger partial charge in [-0.25, -0.2) is 4.98 Å². The fourth-order valence-corrected chi connectivity index (χ4v) is 4.05. The Morgan fingerprint density at radius 2 is 2.18 bits per heavy atom. The molecule has 2 aliphatic rings. The third-order valence-electron chi connectivity index (χ3n) is 4.77. The van der Waals surface area contributed by atoms with E-state index in [2.05, 4.69) is 32.4 Å². The zero-order valence-electron chi connectivity index (χ0n) is 13.5. The molecule has 0 aromatic carbocycles. The van der Waals surface area contributed by atoms with Crippen molar-refractivity contribution in [1.82, 2.24) is 20.1 Å². The second-order valence-electron chi connectivity index (χ2n) is 6.49. The summed E-state index contributed by atoms with van der Waals surface area (Å²) in [5.74, 6) is 0.590. The fraction of sp³-hybridized carbons (Fsp3) is 0.750. The predicted molar refractivity (Wildman–Crippen MR) is 88.9 cm³/mol. The number of hydrogen-bond donors (Lipinski definition) is 1. The number of thiazole rings is 1. The van der Waals surface area contributed by atoms with Crippen LogP contribution in [0, 0.1) is 12.8 Å². The van der Waals surface area contributed by atoms with Gasteiger partial charge in [0.15, 0.2) is 0 Å². The average Bonchev–Trinajstić information content (AvgIpc) is 2.93. The van der Waals surface area contributed by atoms with E-state index in [0.717, 1.165) is 57.1 Å². The Morgan fingerprint density at radius 1 is 1.41 bits per heavy atom. The maximum atomic E-state index is 12.7. The second-order valence-corrected chi connectivity index (χ2v) is 7.56. The Morgan fingerprint density at radius 3 is 2.82 bits per heavy atom. The summed E-state index contributed by atoms with van der Waals surface area (Å²) in [6, 6.07) is 0.331. The summed E-state index contributed by atoms with van der Waals surface area (Å²) in [7, 11) is 0. The molecule has 0 aliphatic carbocycles. The minimum atomic E-state index is 0.217. The van der Waals surface area contributed by atoms with E-state index in [1.165, 1.54) is 5.69 Å². The number of carbonyl (C=O) groups excluding carboxylic acids is 1. The summed E-state index contributed by atoms with van der Waals surface area (Å²) in [4.78, 5) is 21.8. The number of amides is 1. The van der Waals surface area contributed by atoms with Crippen molar-refractivity contribution < 1.29 is 4.79 Å². The molecular weight excluding hydrogens is 296 g/mol. The van der Waals surface area contributed by atoms with Gasteiger partial charge in [0.1, 0.15) is 0 Å². The van der Waals surface area contributed by atoms with Crippen molar-refractivity contribution in [3.05, 3.63) is 16.1 Å². The van der Waals surface area contributed by atoms with E-state index in [4.69, 9.17) is 0 Å². The van der Waals surface area contributed by atoms with Crippen molar-refractivity contribution in [2.75, 3.05) is 32.7 Å². The van der Waals surface area contributed by atoms with E-state index in [0.29, 0.717) is 11.9 Å². The summed E-state index contributed by atoms with van der Waals surface area (Å²) in [6.07, 6.45) is 1.97. The molecular formula is C16H26N4OS. The molecule has 2 saturated heterocycles. The molecule has 1 amide bonds. The number of piperazine rings is 1. The molecule has 1 N–H and O–H groups in total. The molecule has 122 valence electrons. The van der Waals surface area contributed by atoms with Gasteiger partial charge in [-0.2, -0.15) is 0 Å². The number of nitrogens with one attached hydrogen (secondary N) is 1. The maximum Gasteiger partial charge on any atom is 0.226 e. The van der Waals surface area contributed by atoms with Crippen molar-refractivity contribution in [2.24, 2.45) is 5.92 Å². The highest BCUT2D eigenvalue weighted by molar-refractivity contribution is 7.09. The zero-order valence-corrected chi connectivity index (χ0v) is 14.4. The smallest absolute Gasteiger partial charge is 0.226 e. The predicted octanol–water partition coefficient (Wildman–Crippen LogP) is 1.48. The summed E-state index contributed by atoms with van der Waals surface area (Å²) in [5, 5.41) is 6.63. The van der Waals surface area contributed by atoms with E-state index >= 15 is 0 Å². The Labute approximate surface area is 136 Å².